The summed E-state index contributed by atoms with van der Waals surface area (Å²) in [5.74, 6) is 5.43. The molecule has 0 saturated carbocycles. The third kappa shape index (κ3) is 3.89. The maximum absolute atomic E-state index is 11.7. The second kappa shape index (κ2) is 6.07. The molecule has 0 atom stereocenters. The molecule has 0 spiro atoms. The fourth-order valence-electron chi connectivity index (χ4n) is 1.09. The lowest BCUT2D eigenvalue weighted by Gasteiger charge is -2.14. The van der Waals surface area contributed by atoms with Crippen LogP contribution in [0.3, 0.4) is 0 Å². The average molecular weight is 288 g/mol. The highest BCUT2D eigenvalue weighted by atomic mass is 35.5. The summed E-state index contributed by atoms with van der Waals surface area (Å²) in [6.07, 6.45) is 0. The number of nitrogens with two attached hydrogens (primary N) is 1. The monoisotopic (exact) mass is 287 g/mol. The molecule has 0 bridgehead atoms. The lowest BCUT2D eigenvalue weighted by Crippen LogP contribution is -2.29. The molecule has 0 aliphatic rings. The van der Waals surface area contributed by atoms with Crippen molar-refractivity contribution in [1.82, 2.24) is 4.31 Å². The van der Waals surface area contributed by atoms with E-state index < -0.39 is 10.2 Å². The first-order valence-corrected chi connectivity index (χ1v) is 6.87. The van der Waals surface area contributed by atoms with E-state index in [1.165, 1.54) is 14.1 Å². The number of hydrogen-bond acceptors (Lipinski definition) is 3. The number of halogens is 1. The second-order valence-electron chi connectivity index (χ2n) is 3.59. The Morgan fingerprint density at radius 2 is 2.11 bits per heavy atom. The average Bonchev–Trinajstić information content (AvgIpc) is 2.29. The molecule has 5 nitrogen and oxygen atoms in total. The standard InChI is InChI=1S/C11H14ClN3O2S/c1-15(2)18(16,17)14-11-6-5-10(12)8-9(11)4-3-7-13/h5-6,8,14H,7,13H2,1-2H3. The summed E-state index contributed by atoms with van der Waals surface area (Å²) in [4.78, 5) is 0. The van der Waals surface area contributed by atoms with Crippen molar-refractivity contribution in [1.29, 1.82) is 0 Å². The number of nitrogens with one attached hydrogen (secondary N) is 1. The van der Waals surface area contributed by atoms with Gasteiger partial charge in [-0.25, -0.2) is 0 Å². The SMILES string of the molecule is CN(C)S(=O)(=O)Nc1ccc(Cl)cc1C#CCN. The van der Waals surface area contributed by atoms with Crippen LogP contribution in [0.1, 0.15) is 5.56 Å². The molecular formula is C11H14ClN3O2S. The van der Waals surface area contributed by atoms with E-state index in [0.29, 0.717) is 16.3 Å². The van der Waals surface area contributed by atoms with E-state index in [2.05, 4.69) is 16.6 Å². The van der Waals surface area contributed by atoms with E-state index in [1.54, 1.807) is 18.2 Å². The first-order valence-electron chi connectivity index (χ1n) is 5.05. The van der Waals surface area contributed by atoms with E-state index in [0.717, 1.165) is 4.31 Å². The smallest absolute Gasteiger partial charge is 0.301 e. The van der Waals surface area contributed by atoms with Crippen LogP contribution in [-0.2, 0) is 10.2 Å². The largest absolute Gasteiger partial charge is 0.320 e. The molecule has 0 heterocycles. The highest BCUT2D eigenvalue weighted by molar-refractivity contribution is 7.90. The van der Waals surface area contributed by atoms with Crippen LogP contribution in [0, 0.1) is 11.8 Å². The quantitative estimate of drug-likeness (QED) is 0.810. The normalized spacial score (nSPS) is 10.9. The van der Waals surface area contributed by atoms with Crippen molar-refractivity contribution in [2.24, 2.45) is 5.73 Å². The maximum Gasteiger partial charge on any atom is 0.301 e. The van der Waals surface area contributed by atoms with Gasteiger partial charge in [0.25, 0.3) is 0 Å². The summed E-state index contributed by atoms with van der Waals surface area (Å²) >= 11 is 5.84. The Morgan fingerprint density at radius 3 is 2.67 bits per heavy atom. The molecule has 3 N–H and O–H groups in total. The third-order valence-corrected chi connectivity index (χ3v) is 3.70. The summed E-state index contributed by atoms with van der Waals surface area (Å²) in [6.45, 7) is 0.187. The van der Waals surface area contributed by atoms with Crippen LogP contribution in [0.4, 0.5) is 5.69 Å². The minimum atomic E-state index is -3.57. The van der Waals surface area contributed by atoms with Gasteiger partial charge < -0.3 is 5.73 Å². The van der Waals surface area contributed by atoms with Crippen LogP contribution in [0.5, 0.6) is 0 Å². The van der Waals surface area contributed by atoms with Crippen molar-refractivity contribution < 1.29 is 8.42 Å². The number of benzene rings is 1. The number of nitrogens with zero attached hydrogens (tertiary/aromatic N) is 1. The summed E-state index contributed by atoms with van der Waals surface area (Å²) in [5.41, 5.74) is 6.14. The van der Waals surface area contributed by atoms with Gasteiger partial charge in [-0.2, -0.15) is 12.7 Å². The zero-order valence-corrected chi connectivity index (χ0v) is 11.6. The molecule has 1 aromatic rings. The molecule has 0 amide bonds. The van der Waals surface area contributed by atoms with Gasteiger partial charge in [0.1, 0.15) is 0 Å². The van der Waals surface area contributed by atoms with Crippen molar-refractivity contribution in [3.05, 3.63) is 28.8 Å². The molecule has 0 aliphatic heterocycles. The molecule has 0 radical (unpaired) electrons. The predicted octanol–water partition coefficient (Wildman–Crippen LogP) is 0.869. The van der Waals surface area contributed by atoms with Crippen molar-refractivity contribution in [2.45, 2.75) is 0 Å². The lowest BCUT2D eigenvalue weighted by molar-refractivity contribution is 0.527. The zero-order chi connectivity index (χ0) is 13.8. The molecule has 7 heteroatoms. The number of anilines is 1. The molecule has 98 valence electrons. The van der Waals surface area contributed by atoms with Gasteiger partial charge in [0, 0.05) is 19.1 Å². The second-order valence-corrected chi connectivity index (χ2v) is 5.91. The molecule has 0 aromatic heterocycles. The summed E-state index contributed by atoms with van der Waals surface area (Å²) in [5, 5.41) is 0.476. The third-order valence-electron chi connectivity index (χ3n) is 2.03. The fraction of sp³-hybridized carbons (Fsp3) is 0.273. The molecule has 1 aromatic carbocycles. The van der Waals surface area contributed by atoms with Gasteiger partial charge in [0.05, 0.1) is 17.8 Å². The summed E-state index contributed by atoms with van der Waals surface area (Å²) in [6, 6.07) is 4.73. The van der Waals surface area contributed by atoms with Gasteiger partial charge in [-0.1, -0.05) is 23.4 Å². The van der Waals surface area contributed by atoms with Gasteiger partial charge in [0.15, 0.2) is 0 Å². The number of hydrogen-bond donors (Lipinski definition) is 2. The molecular weight excluding hydrogens is 274 g/mol. The molecule has 1 rings (SSSR count). The van der Waals surface area contributed by atoms with Gasteiger partial charge in [-0.15, -0.1) is 0 Å². The van der Waals surface area contributed by atoms with Crippen molar-refractivity contribution in [2.75, 3.05) is 25.4 Å². The van der Waals surface area contributed by atoms with E-state index in [4.69, 9.17) is 17.3 Å². The Morgan fingerprint density at radius 1 is 1.44 bits per heavy atom. The Kier molecular flexibility index (Phi) is 4.99. The predicted molar refractivity (Wildman–Crippen MR) is 73.6 cm³/mol. The summed E-state index contributed by atoms with van der Waals surface area (Å²) < 4.78 is 26.9. The van der Waals surface area contributed by atoms with E-state index >= 15 is 0 Å². The van der Waals surface area contributed by atoms with Crippen molar-refractivity contribution >= 4 is 27.5 Å². The van der Waals surface area contributed by atoms with Crippen molar-refractivity contribution in [3.63, 3.8) is 0 Å². The molecule has 0 unspecified atom stereocenters. The number of rotatable bonds is 3. The highest BCUT2D eigenvalue weighted by Gasteiger charge is 2.14. The maximum atomic E-state index is 11.7. The lowest BCUT2D eigenvalue weighted by atomic mass is 10.2. The van der Waals surface area contributed by atoms with Gasteiger partial charge in [-0.05, 0) is 18.2 Å². The molecule has 18 heavy (non-hydrogen) atoms. The van der Waals surface area contributed by atoms with Gasteiger partial charge in [0.2, 0.25) is 0 Å². The van der Waals surface area contributed by atoms with Crippen LogP contribution in [0.25, 0.3) is 0 Å². The van der Waals surface area contributed by atoms with Crippen LogP contribution in [0.15, 0.2) is 18.2 Å². The van der Waals surface area contributed by atoms with Crippen LogP contribution in [0.2, 0.25) is 5.02 Å². The Bertz CT molecular complexity index is 588. The van der Waals surface area contributed by atoms with E-state index in [9.17, 15) is 8.42 Å². The Labute approximate surface area is 112 Å². The van der Waals surface area contributed by atoms with E-state index in [-0.39, 0.29) is 6.54 Å². The molecule has 0 aliphatic carbocycles. The molecule has 0 saturated heterocycles. The van der Waals surface area contributed by atoms with Crippen molar-refractivity contribution in [3.8, 4) is 11.8 Å². The van der Waals surface area contributed by atoms with Crippen LogP contribution >= 0.6 is 11.6 Å². The minimum Gasteiger partial charge on any atom is -0.320 e. The Balaban J connectivity index is 3.17. The Hall–Kier alpha value is -1.26. The van der Waals surface area contributed by atoms with Crippen LogP contribution < -0.4 is 10.5 Å². The highest BCUT2D eigenvalue weighted by Crippen LogP contribution is 2.21. The van der Waals surface area contributed by atoms with Crippen LogP contribution in [-0.4, -0.2) is 33.4 Å². The summed E-state index contributed by atoms with van der Waals surface area (Å²) in [7, 11) is -0.702. The zero-order valence-electron chi connectivity index (χ0n) is 10.1. The fourth-order valence-corrected chi connectivity index (χ4v) is 1.90. The van der Waals surface area contributed by atoms with Gasteiger partial charge >= 0.3 is 10.2 Å². The van der Waals surface area contributed by atoms with Gasteiger partial charge in [-0.3, -0.25) is 4.72 Å². The first kappa shape index (κ1) is 14.8. The van der Waals surface area contributed by atoms with E-state index in [1.807, 2.05) is 0 Å². The topological polar surface area (TPSA) is 75.4 Å². The molecule has 0 fully saturated rings. The minimum absolute atomic E-state index is 0.187. The first-order chi connectivity index (χ1) is 8.36.